The molecule has 4 fully saturated rings. The molecule has 138 valence electrons. The topological polar surface area (TPSA) is 46.2 Å². The lowest BCUT2D eigenvalue weighted by Gasteiger charge is -2.56. The Balaban J connectivity index is 1.43. The molecule has 0 aliphatic heterocycles. The van der Waals surface area contributed by atoms with Crippen molar-refractivity contribution in [2.45, 2.75) is 43.4 Å². The molecule has 0 heterocycles. The maximum atomic E-state index is 13.1. The van der Waals surface area contributed by atoms with Gasteiger partial charge in [0, 0.05) is 22.3 Å². The van der Waals surface area contributed by atoms with E-state index in [4.69, 9.17) is 11.6 Å². The van der Waals surface area contributed by atoms with Crippen molar-refractivity contribution in [3.8, 4) is 0 Å². The first-order valence-electron chi connectivity index (χ1n) is 9.61. The lowest BCUT2D eigenvalue weighted by Crippen LogP contribution is -2.51. The highest BCUT2D eigenvalue weighted by molar-refractivity contribution is 7.89. The molecule has 4 saturated carbocycles. The van der Waals surface area contributed by atoms with Crippen LogP contribution in [-0.4, -0.2) is 15.0 Å². The maximum absolute atomic E-state index is 13.1. The third kappa shape index (κ3) is 2.78. The lowest BCUT2D eigenvalue weighted by atomic mass is 9.50. The summed E-state index contributed by atoms with van der Waals surface area (Å²) in [6.45, 7) is 0.579. The fourth-order valence-corrected chi connectivity index (χ4v) is 7.90. The first-order chi connectivity index (χ1) is 12.4. The molecule has 2 aromatic rings. The highest BCUT2D eigenvalue weighted by Crippen LogP contribution is 2.59. The van der Waals surface area contributed by atoms with Gasteiger partial charge in [-0.25, -0.2) is 13.1 Å². The van der Waals surface area contributed by atoms with Gasteiger partial charge in [0.25, 0.3) is 0 Å². The molecule has 0 spiro atoms. The van der Waals surface area contributed by atoms with Crippen molar-refractivity contribution >= 4 is 32.4 Å². The first kappa shape index (κ1) is 17.0. The fourth-order valence-electron chi connectivity index (χ4n) is 6.30. The minimum absolute atomic E-state index is 0.185. The van der Waals surface area contributed by atoms with Crippen molar-refractivity contribution in [2.24, 2.45) is 23.2 Å². The van der Waals surface area contributed by atoms with Crippen molar-refractivity contribution in [2.75, 3.05) is 6.54 Å². The van der Waals surface area contributed by atoms with Crippen LogP contribution in [0.15, 0.2) is 41.3 Å². The standard InChI is InChI=1S/C21H24ClNO2S/c22-19-5-6-20(18-4-2-1-3-17(18)19)26(24,25)23-13-21-10-14-7-15(11-21)9-16(8-14)12-21/h1-6,14-16,23H,7-13H2. The molecule has 0 unspecified atom stereocenters. The summed E-state index contributed by atoms with van der Waals surface area (Å²) in [6.07, 6.45) is 7.70. The van der Waals surface area contributed by atoms with Gasteiger partial charge in [0.1, 0.15) is 0 Å². The summed E-state index contributed by atoms with van der Waals surface area (Å²) in [5, 5.41) is 2.06. The largest absolute Gasteiger partial charge is 0.241 e. The molecule has 2 aromatic carbocycles. The number of hydrogen-bond donors (Lipinski definition) is 1. The average molecular weight is 390 g/mol. The van der Waals surface area contributed by atoms with E-state index in [2.05, 4.69) is 4.72 Å². The van der Waals surface area contributed by atoms with Gasteiger partial charge in [0.05, 0.1) is 4.90 Å². The Labute approximate surface area is 160 Å². The highest BCUT2D eigenvalue weighted by atomic mass is 35.5. The minimum Gasteiger partial charge on any atom is -0.211 e. The van der Waals surface area contributed by atoms with Crippen LogP contribution in [0.25, 0.3) is 10.8 Å². The Morgan fingerprint density at radius 1 is 0.923 bits per heavy atom. The van der Waals surface area contributed by atoms with E-state index < -0.39 is 10.0 Å². The van der Waals surface area contributed by atoms with Crippen LogP contribution in [-0.2, 0) is 10.0 Å². The number of rotatable bonds is 4. The SMILES string of the molecule is O=S(=O)(NCC12CC3CC(CC(C3)C1)C2)c1ccc(Cl)c2ccccc12. The summed E-state index contributed by atoms with van der Waals surface area (Å²) in [7, 11) is -3.56. The molecule has 0 amide bonds. The Morgan fingerprint density at radius 3 is 2.12 bits per heavy atom. The van der Waals surface area contributed by atoms with E-state index in [1.807, 2.05) is 24.3 Å². The number of nitrogens with one attached hydrogen (secondary N) is 1. The van der Waals surface area contributed by atoms with Crippen LogP contribution >= 0.6 is 11.6 Å². The second-order valence-electron chi connectivity index (χ2n) is 8.83. The normalized spacial score (nSPS) is 33.0. The molecule has 4 aliphatic carbocycles. The van der Waals surface area contributed by atoms with Gasteiger partial charge in [-0.2, -0.15) is 0 Å². The van der Waals surface area contributed by atoms with Gasteiger partial charge in [-0.05, 0) is 73.8 Å². The van der Waals surface area contributed by atoms with Crippen LogP contribution in [0, 0.1) is 23.2 Å². The van der Waals surface area contributed by atoms with Gasteiger partial charge < -0.3 is 0 Å². The van der Waals surface area contributed by atoms with E-state index >= 15 is 0 Å². The average Bonchev–Trinajstić information content (AvgIpc) is 2.59. The van der Waals surface area contributed by atoms with Crippen molar-refractivity contribution < 1.29 is 8.42 Å². The molecule has 26 heavy (non-hydrogen) atoms. The molecule has 5 heteroatoms. The smallest absolute Gasteiger partial charge is 0.211 e. The predicted molar refractivity (Wildman–Crippen MR) is 105 cm³/mol. The first-order valence-corrected chi connectivity index (χ1v) is 11.5. The molecule has 3 nitrogen and oxygen atoms in total. The van der Waals surface area contributed by atoms with Crippen LogP contribution < -0.4 is 4.72 Å². The van der Waals surface area contributed by atoms with Crippen LogP contribution in [0.1, 0.15) is 38.5 Å². The van der Waals surface area contributed by atoms with Gasteiger partial charge in [-0.3, -0.25) is 0 Å². The van der Waals surface area contributed by atoms with E-state index in [0.717, 1.165) is 23.1 Å². The summed E-state index contributed by atoms with van der Waals surface area (Å²) in [5.41, 5.74) is 0.185. The second kappa shape index (κ2) is 5.95. The van der Waals surface area contributed by atoms with E-state index in [1.165, 1.54) is 38.5 Å². The van der Waals surface area contributed by atoms with Gasteiger partial charge in [-0.1, -0.05) is 35.9 Å². The fraction of sp³-hybridized carbons (Fsp3) is 0.524. The van der Waals surface area contributed by atoms with Crippen LogP contribution in [0.2, 0.25) is 5.02 Å². The van der Waals surface area contributed by atoms with E-state index in [9.17, 15) is 8.42 Å². The zero-order valence-corrected chi connectivity index (χ0v) is 16.3. The number of benzene rings is 2. The van der Waals surface area contributed by atoms with Crippen molar-refractivity contribution in [3.05, 3.63) is 41.4 Å². The van der Waals surface area contributed by atoms with Gasteiger partial charge in [-0.15, -0.1) is 0 Å². The second-order valence-corrected chi connectivity index (χ2v) is 11.0. The van der Waals surface area contributed by atoms with E-state index in [-0.39, 0.29) is 5.41 Å². The van der Waals surface area contributed by atoms with Crippen molar-refractivity contribution in [1.82, 2.24) is 4.72 Å². The molecule has 0 atom stereocenters. The third-order valence-electron chi connectivity index (χ3n) is 6.92. The Morgan fingerprint density at radius 2 is 1.50 bits per heavy atom. The monoisotopic (exact) mass is 389 g/mol. The molecular weight excluding hydrogens is 366 g/mol. The van der Waals surface area contributed by atoms with Crippen molar-refractivity contribution in [1.29, 1.82) is 0 Å². The molecular formula is C21H24ClNO2S. The Hall–Kier alpha value is -1.10. The summed E-state index contributed by atoms with van der Waals surface area (Å²) in [5.74, 6) is 2.46. The Kier molecular flexibility index (Phi) is 3.90. The van der Waals surface area contributed by atoms with E-state index in [1.54, 1.807) is 12.1 Å². The minimum atomic E-state index is -3.56. The maximum Gasteiger partial charge on any atom is 0.241 e. The number of sulfonamides is 1. The van der Waals surface area contributed by atoms with Gasteiger partial charge in [0.15, 0.2) is 0 Å². The molecule has 0 aromatic heterocycles. The summed E-state index contributed by atoms with van der Waals surface area (Å²) in [4.78, 5) is 0.335. The molecule has 4 bridgehead atoms. The zero-order chi connectivity index (χ0) is 17.9. The summed E-state index contributed by atoms with van der Waals surface area (Å²) in [6, 6.07) is 10.8. The quantitative estimate of drug-likeness (QED) is 0.800. The molecule has 4 aliphatic rings. The molecule has 0 saturated heterocycles. The Bertz CT molecular complexity index is 934. The number of fused-ring (bicyclic) bond motifs is 1. The van der Waals surface area contributed by atoms with Gasteiger partial charge >= 0.3 is 0 Å². The van der Waals surface area contributed by atoms with Crippen LogP contribution in [0.4, 0.5) is 0 Å². The number of halogens is 1. The lowest BCUT2D eigenvalue weighted by molar-refractivity contribution is -0.0487. The summed E-state index contributed by atoms with van der Waals surface area (Å²) >= 11 is 6.25. The van der Waals surface area contributed by atoms with Gasteiger partial charge in [0.2, 0.25) is 10.0 Å². The highest BCUT2D eigenvalue weighted by Gasteiger charge is 2.50. The van der Waals surface area contributed by atoms with Crippen LogP contribution in [0.5, 0.6) is 0 Å². The zero-order valence-electron chi connectivity index (χ0n) is 14.7. The molecule has 0 radical (unpaired) electrons. The molecule has 6 rings (SSSR count). The molecule has 1 N–H and O–H groups in total. The third-order valence-corrected chi connectivity index (χ3v) is 8.71. The van der Waals surface area contributed by atoms with Crippen molar-refractivity contribution in [3.63, 3.8) is 0 Å². The number of hydrogen-bond acceptors (Lipinski definition) is 2. The van der Waals surface area contributed by atoms with Crippen LogP contribution in [0.3, 0.4) is 0 Å². The predicted octanol–water partition coefficient (Wildman–Crippen LogP) is 4.99. The van der Waals surface area contributed by atoms with E-state index in [0.29, 0.717) is 21.8 Å². The summed E-state index contributed by atoms with van der Waals surface area (Å²) < 4.78 is 29.2.